The number of likely N-dealkylation sites (N-methyl/N-ethyl adjacent to an activating group) is 1. The second-order valence-electron chi connectivity index (χ2n) is 6.23. The van der Waals surface area contributed by atoms with Gasteiger partial charge in [0.2, 0.25) is 0 Å². The molecule has 0 bridgehead atoms. The normalized spacial score (nSPS) is 22.5. The summed E-state index contributed by atoms with van der Waals surface area (Å²) in [6, 6.07) is 6.06. The van der Waals surface area contributed by atoms with E-state index in [1.165, 1.54) is 0 Å². The topological polar surface area (TPSA) is 78.9 Å². The summed E-state index contributed by atoms with van der Waals surface area (Å²) in [6.45, 7) is 3.93. The molecule has 1 heterocycles. The monoisotopic (exact) mass is 318 g/mol. The quantitative estimate of drug-likeness (QED) is 0.828. The molecule has 1 aliphatic carbocycles. The fourth-order valence-corrected chi connectivity index (χ4v) is 3.26. The van der Waals surface area contributed by atoms with E-state index < -0.39 is 5.97 Å². The molecule has 6 nitrogen and oxygen atoms in total. The Morgan fingerprint density at radius 1 is 1.30 bits per heavy atom. The van der Waals surface area contributed by atoms with Crippen molar-refractivity contribution in [2.24, 2.45) is 0 Å². The number of hydrogen-bond donors (Lipinski definition) is 2. The molecule has 0 unspecified atom stereocenters. The Labute approximate surface area is 135 Å². The number of carboxylic acid groups (broad SMARTS) is 1. The molecule has 23 heavy (non-hydrogen) atoms. The minimum atomic E-state index is -0.806. The largest absolute Gasteiger partial charge is 0.480 e. The predicted octanol–water partition coefficient (Wildman–Crippen LogP) is 1.38. The fraction of sp³-hybridized carbons (Fsp3) is 0.529. The Morgan fingerprint density at radius 3 is 2.74 bits per heavy atom. The SMILES string of the molecule is CCN(CC(=O)O)C1CC(NC(=O)c2ccc3c(c2)COC3)C1. The van der Waals surface area contributed by atoms with Crippen molar-refractivity contribution in [2.75, 3.05) is 13.1 Å². The smallest absolute Gasteiger partial charge is 0.317 e. The van der Waals surface area contributed by atoms with Crippen LogP contribution in [0.5, 0.6) is 0 Å². The minimum Gasteiger partial charge on any atom is -0.480 e. The van der Waals surface area contributed by atoms with Gasteiger partial charge in [0, 0.05) is 17.6 Å². The maximum atomic E-state index is 12.3. The van der Waals surface area contributed by atoms with Gasteiger partial charge in [0.15, 0.2) is 0 Å². The standard InChI is InChI=1S/C17H22N2O4/c1-2-19(8-16(20)21)15-6-14(7-15)18-17(22)11-3-4-12-9-23-10-13(12)5-11/h3-5,14-15H,2,6-10H2,1H3,(H,18,22)(H,20,21). The number of carbonyl (C=O) groups excluding carboxylic acids is 1. The number of rotatable bonds is 6. The summed E-state index contributed by atoms with van der Waals surface area (Å²) in [5.41, 5.74) is 2.90. The highest BCUT2D eigenvalue weighted by molar-refractivity contribution is 5.94. The third-order valence-electron chi connectivity index (χ3n) is 4.69. The van der Waals surface area contributed by atoms with Crippen molar-refractivity contribution in [3.8, 4) is 0 Å². The molecule has 1 aromatic carbocycles. The van der Waals surface area contributed by atoms with Crippen LogP contribution in [0.15, 0.2) is 18.2 Å². The third kappa shape index (κ3) is 3.54. The first-order valence-electron chi connectivity index (χ1n) is 8.03. The first-order chi connectivity index (χ1) is 11.1. The van der Waals surface area contributed by atoms with Gasteiger partial charge in [-0.1, -0.05) is 13.0 Å². The zero-order valence-corrected chi connectivity index (χ0v) is 13.2. The highest BCUT2D eigenvalue weighted by Gasteiger charge is 2.34. The first-order valence-corrected chi connectivity index (χ1v) is 8.03. The van der Waals surface area contributed by atoms with Crippen LogP contribution >= 0.6 is 0 Å². The van der Waals surface area contributed by atoms with Gasteiger partial charge in [-0.05, 0) is 42.6 Å². The molecular formula is C17H22N2O4. The number of benzene rings is 1. The number of amides is 1. The maximum absolute atomic E-state index is 12.3. The predicted molar refractivity (Wildman–Crippen MR) is 84.1 cm³/mol. The van der Waals surface area contributed by atoms with Crippen LogP contribution in [0.25, 0.3) is 0 Å². The Kier molecular flexibility index (Phi) is 4.63. The number of aliphatic carboxylic acids is 1. The van der Waals surface area contributed by atoms with E-state index in [0.29, 0.717) is 25.3 Å². The van der Waals surface area contributed by atoms with Crippen molar-refractivity contribution < 1.29 is 19.4 Å². The third-order valence-corrected chi connectivity index (χ3v) is 4.69. The van der Waals surface area contributed by atoms with Crippen molar-refractivity contribution in [1.82, 2.24) is 10.2 Å². The molecule has 1 aromatic rings. The van der Waals surface area contributed by atoms with Crippen LogP contribution in [0, 0.1) is 0 Å². The molecule has 0 saturated heterocycles. The Hall–Kier alpha value is -1.92. The lowest BCUT2D eigenvalue weighted by Crippen LogP contribution is -2.54. The lowest BCUT2D eigenvalue weighted by atomic mass is 9.85. The molecule has 2 aliphatic rings. The molecule has 1 fully saturated rings. The maximum Gasteiger partial charge on any atom is 0.317 e. The Bertz CT molecular complexity index is 611. The lowest BCUT2D eigenvalue weighted by Gasteiger charge is -2.42. The number of fused-ring (bicyclic) bond motifs is 1. The zero-order valence-electron chi connectivity index (χ0n) is 13.2. The molecule has 0 aromatic heterocycles. The molecule has 2 N–H and O–H groups in total. The second-order valence-corrected chi connectivity index (χ2v) is 6.23. The van der Waals surface area contributed by atoms with Gasteiger partial charge in [-0.3, -0.25) is 14.5 Å². The molecule has 0 spiro atoms. The Morgan fingerprint density at radius 2 is 2.04 bits per heavy atom. The molecule has 1 aliphatic heterocycles. The van der Waals surface area contributed by atoms with Crippen LogP contribution in [0.1, 0.15) is 41.3 Å². The van der Waals surface area contributed by atoms with Crippen molar-refractivity contribution in [3.05, 3.63) is 34.9 Å². The fourth-order valence-electron chi connectivity index (χ4n) is 3.26. The van der Waals surface area contributed by atoms with Gasteiger partial charge < -0.3 is 15.2 Å². The van der Waals surface area contributed by atoms with E-state index in [1.807, 2.05) is 30.0 Å². The van der Waals surface area contributed by atoms with Gasteiger partial charge in [0.1, 0.15) is 0 Å². The van der Waals surface area contributed by atoms with Crippen LogP contribution in [0.3, 0.4) is 0 Å². The number of carbonyl (C=O) groups is 2. The number of nitrogens with one attached hydrogen (secondary N) is 1. The highest BCUT2D eigenvalue weighted by Crippen LogP contribution is 2.26. The van der Waals surface area contributed by atoms with Crippen LogP contribution in [-0.4, -0.2) is 47.1 Å². The molecule has 124 valence electrons. The Balaban J connectivity index is 1.51. The average Bonchev–Trinajstić information content (AvgIpc) is 2.95. The first kappa shape index (κ1) is 16.0. The summed E-state index contributed by atoms with van der Waals surface area (Å²) >= 11 is 0. The number of hydrogen-bond acceptors (Lipinski definition) is 4. The summed E-state index contributed by atoms with van der Waals surface area (Å²) in [5, 5.41) is 11.9. The average molecular weight is 318 g/mol. The molecule has 6 heteroatoms. The molecular weight excluding hydrogens is 296 g/mol. The molecule has 0 atom stereocenters. The zero-order chi connectivity index (χ0) is 16.4. The number of ether oxygens (including phenoxy) is 1. The van der Waals surface area contributed by atoms with Gasteiger partial charge in [-0.25, -0.2) is 0 Å². The lowest BCUT2D eigenvalue weighted by molar-refractivity contribution is -0.139. The van der Waals surface area contributed by atoms with Crippen LogP contribution in [0.4, 0.5) is 0 Å². The van der Waals surface area contributed by atoms with Crippen molar-refractivity contribution >= 4 is 11.9 Å². The summed E-state index contributed by atoms with van der Waals surface area (Å²) in [4.78, 5) is 25.1. The van der Waals surface area contributed by atoms with E-state index in [4.69, 9.17) is 9.84 Å². The molecule has 0 radical (unpaired) electrons. The van der Waals surface area contributed by atoms with Gasteiger partial charge in [0.05, 0.1) is 19.8 Å². The second kappa shape index (κ2) is 6.68. The molecule has 1 saturated carbocycles. The summed E-state index contributed by atoms with van der Waals surface area (Å²) < 4.78 is 5.36. The van der Waals surface area contributed by atoms with Gasteiger partial charge in [-0.15, -0.1) is 0 Å². The summed E-state index contributed by atoms with van der Waals surface area (Å²) in [6.07, 6.45) is 1.61. The van der Waals surface area contributed by atoms with E-state index in [9.17, 15) is 9.59 Å². The van der Waals surface area contributed by atoms with E-state index in [2.05, 4.69) is 5.32 Å². The van der Waals surface area contributed by atoms with Crippen LogP contribution < -0.4 is 5.32 Å². The summed E-state index contributed by atoms with van der Waals surface area (Å²) in [7, 11) is 0. The van der Waals surface area contributed by atoms with Crippen molar-refractivity contribution in [2.45, 2.75) is 45.1 Å². The highest BCUT2D eigenvalue weighted by atomic mass is 16.5. The summed E-state index contributed by atoms with van der Waals surface area (Å²) in [5.74, 6) is -0.871. The van der Waals surface area contributed by atoms with Gasteiger partial charge >= 0.3 is 5.97 Å². The van der Waals surface area contributed by atoms with Gasteiger partial charge in [0.25, 0.3) is 5.91 Å². The number of carboxylic acids is 1. The van der Waals surface area contributed by atoms with Gasteiger partial charge in [-0.2, -0.15) is 0 Å². The number of nitrogens with zero attached hydrogens (tertiary/aromatic N) is 1. The van der Waals surface area contributed by atoms with E-state index in [1.54, 1.807) is 0 Å². The van der Waals surface area contributed by atoms with Crippen molar-refractivity contribution in [1.29, 1.82) is 0 Å². The van der Waals surface area contributed by atoms with E-state index in [-0.39, 0.29) is 24.5 Å². The molecule has 1 amide bonds. The van der Waals surface area contributed by atoms with E-state index in [0.717, 1.165) is 24.0 Å². The van der Waals surface area contributed by atoms with Crippen molar-refractivity contribution in [3.63, 3.8) is 0 Å². The minimum absolute atomic E-state index is 0.0622. The van der Waals surface area contributed by atoms with Crippen LogP contribution in [0.2, 0.25) is 0 Å². The van der Waals surface area contributed by atoms with E-state index >= 15 is 0 Å². The van der Waals surface area contributed by atoms with Crippen LogP contribution in [-0.2, 0) is 22.7 Å². The molecule has 3 rings (SSSR count).